The topological polar surface area (TPSA) is 120 Å². The molecule has 166 valence electrons. The van der Waals surface area contributed by atoms with E-state index in [9.17, 15) is 14.9 Å². The van der Waals surface area contributed by atoms with Gasteiger partial charge in [-0.1, -0.05) is 23.7 Å². The molecule has 0 spiro atoms. The number of nitro groups is 1. The van der Waals surface area contributed by atoms with Gasteiger partial charge in [0.1, 0.15) is 11.5 Å². The highest BCUT2D eigenvalue weighted by atomic mass is 35.5. The lowest BCUT2D eigenvalue weighted by molar-refractivity contribution is -0.384. The molecule has 4 rings (SSSR count). The number of aromatic amines is 1. The highest BCUT2D eigenvalue weighted by molar-refractivity contribution is 6.35. The summed E-state index contributed by atoms with van der Waals surface area (Å²) in [5, 5.41) is 21.4. The number of ketones is 1. The fourth-order valence-electron chi connectivity index (χ4n) is 3.59. The zero-order valence-electron chi connectivity index (χ0n) is 17.6. The van der Waals surface area contributed by atoms with E-state index in [1.54, 1.807) is 37.3 Å². The number of benzene rings is 1. The van der Waals surface area contributed by atoms with Crippen molar-refractivity contribution in [1.29, 1.82) is 0 Å². The smallest absolute Gasteiger partial charge is 0.333 e. The van der Waals surface area contributed by atoms with Gasteiger partial charge in [-0.2, -0.15) is 0 Å². The molecule has 1 saturated heterocycles. The van der Waals surface area contributed by atoms with E-state index < -0.39 is 4.92 Å². The third-order valence-electron chi connectivity index (χ3n) is 5.43. The Labute approximate surface area is 189 Å². The van der Waals surface area contributed by atoms with E-state index in [2.05, 4.69) is 37.3 Å². The van der Waals surface area contributed by atoms with Crippen LogP contribution in [0.25, 0.3) is 0 Å². The summed E-state index contributed by atoms with van der Waals surface area (Å²) in [7, 11) is 2.06. The van der Waals surface area contributed by atoms with Crippen LogP contribution in [0.1, 0.15) is 21.6 Å². The van der Waals surface area contributed by atoms with E-state index in [4.69, 9.17) is 11.6 Å². The predicted molar refractivity (Wildman–Crippen MR) is 122 cm³/mol. The van der Waals surface area contributed by atoms with Crippen LogP contribution in [0.15, 0.2) is 36.5 Å². The molecule has 2 aromatic heterocycles. The van der Waals surface area contributed by atoms with Crippen molar-refractivity contribution in [2.45, 2.75) is 6.92 Å². The first kappa shape index (κ1) is 21.7. The number of carbonyl (C=O) groups excluding carboxylic acids is 1. The van der Waals surface area contributed by atoms with Crippen molar-refractivity contribution >= 4 is 40.4 Å². The van der Waals surface area contributed by atoms with Gasteiger partial charge in [0, 0.05) is 44.0 Å². The zero-order chi connectivity index (χ0) is 22.8. The Kier molecular flexibility index (Phi) is 6.06. The van der Waals surface area contributed by atoms with Gasteiger partial charge in [-0.15, -0.1) is 5.10 Å². The van der Waals surface area contributed by atoms with Crippen LogP contribution in [0.4, 0.5) is 23.0 Å². The van der Waals surface area contributed by atoms with Crippen molar-refractivity contribution < 1.29 is 9.72 Å². The van der Waals surface area contributed by atoms with Gasteiger partial charge in [-0.25, -0.2) is 4.98 Å². The molecular weight excluding hydrogens is 434 g/mol. The summed E-state index contributed by atoms with van der Waals surface area (Å²) in [6, 6.07) is 8.45. The highest BCUT2D eigenvalue weighted by Crippen LogP contribution is 2.32. The van der Waals surface area contributed by atoms with Crippen molar-refractivity contribution in [2.75, 3.05) is 43.4 Å². The Morgan fingerprint density at radius 3 is 2.62 bits per heavy atom. The lowest BCUT2D eigenvalue weighted by Gasteiger charge is -2.33. The highest BCUT2D eigenvalue weighted by Gasteiger charge is 2.25. The number of aryl methyl sites for hydroxylation is 1. The molecule has 0 bridgehead atoms. The molecule has 0 saturated carbocycles. The van der Waals surface area contributed by atoms with Crippen LogP contribution in [0.2, 0.25) is 5.02 Å². The fourth-order valence-corrected chi connectivity index (χ4v) is 3.81. The minimum atomic E-state index is -0.515. The minimum Gasteiger partial charge on any atom is -0.354 e. The molecule has 0 unspecified atom stereocenters. The Bertz CT molecular complexity index is 1170. The van der Waals surface area contributed by atoms with E-state index in [1.807, 2.05) is 0 Å². The summed E-state index contributed by atoms with van der Waals surface area (Å²) >= 11 is 6.24. The Hall–Kier alpha value is -3.50. The van der Waals surface area contributed by atoms with Crippen LogP contribution in [-0.4, -0.2) is 64.0 Å². The first-order valence-corrected chi connectivity index (χ1v) is 10.4. The summed E-state index contributed by atoms with van der Waals surface area (Å²) in [5.41, 5.74) is 1.06. The first-order chi connectivity index (χ1) is 15.3. The van der Waals surface area contributed by atoms with E-state index in [0.717, 1.165) is 26.2 Å². The summed E-state index contributed by atoms with van der Waals surface area (Å²) in [6.07, 6.45) is 1.48. The van der Waals surface area contributed by atoms with Crippen LogP contribution >= 0.6 is 11.6 Å². The number of nitrogens with one attached hydrogen (secondary N) is 2. The van der Waals surface area contributed by atoms with Crippen molar-refractivity contribution in [3.05, 3.63) is 68.5 Å². The summed E-state index contributed by atoms with van der Waals surface area (Å²) < 4.78 is 0. The molecule has 3 heterocycles. The molecular formula is C21H22ClN7O3. The molecule has 2 N–H and O–H groups in total. The maximum absolute atomic E-state index is 13.3. The number of rotatable bonds is 6. The first-order valence-electron chi connectivity index (χ1n) is 10.0. The van der Waals surface area contributed by atoms with E-state index in [0.29, 0.717) is 27.8 Å². The maximum atomic E-state index is 13.3. The second-order valence-corrected chi connectivity index (χ2v) is 8.02. The van der Waals surface area contributed by atoms with Gasteiger partial charge in [-0.3, -0.25) is 20.0 Å². The Morgan fingerprint density at radius 2 is 1.94 bits per heavy atom. The van der Waals surface area contributed by atoms with Crippen molar-refractivity contribution in [2.24, 2.45) is 0 Å². The molecule has 3 aromatic rings. The predicted octanol–water partition coefficient (Wildman–Crippen LogP) is 3.40. The number of carbonyl (C=O) groups is 1. The summed E-state index contributed by atoms with van der Waals surface area (Å²) in [5.74, 6) is 0.355. The molecule has 1 aliphatic rings. The zero-order valence-corrected chi connectivity index (χ0v) is 18.4. The van der Waals surface area contributed by atoms with Gasteiger partial charge in [0.05, 0.1) is 21.2 Å². The molecule has 1 aromatic carbocycles. The molecule has 10 nitrogen and oxygen atoms in total. The standard InChI is InChI=1S/C21H22ClN7O3/c1-13-19(29(31)32)21(26-25-13)24-17-11-18(28-9-7-27(2)8-10-28)23-12-15(17)20(30)14-5-3-4-6-16(14)22/h3-6,11-12H,7-10H2,1-2H3,(H2,23,24,25,26). The quantitative estimate of drug-likeness (QED) is 0.329. The normalized spacial score (nSPS) is 14.4. The Balaban J connectivity index is 1.77. The number of anilines is 3. The number of aromatic nitrogens is 3. The van der Waals surface area contributed by atoms with Gasteiger partial charge in [0.25, 0.3) is 0 Å². The maximum Gasteiger partial charge on any atom is 0.333 e. The average molecular weight is 456 g/mol. The average Bonchev–Trinajstić information content (AvgIpc) is 3.14. The van der Waals surface area contributed by atoms with E-state index >= 15 is 0 Å². The molecule has 0 aliphatic carbocycles. The third-order valence-corrected chi connectivity index (χ3v) is 5.76. The molecule has 1 fully saturated rings. The lowest BCUT2D eigenvalue weighted by Crippen LogP contribution is -2.44. The SMILES string of the molecule is Cc1[nH]nc(Nc2cc(N3CCN(C)CC3)ncc2C(=O)c2ccccc2Cl)c1[N+](=O)[O-]. The van der Waals surface area contributed by atoms with Crippen molar-refractivity contribution in [3.63, 3.8) is 0 Å². The minimum absolute atomic E-state index is 0.0243. The monoisotopic (exact) mass is 455 g/mol. The van der Waals surface area contributed by atoms with Gasteiger partial charge in [0.15, 0.2) is 5.78 Å². The second kappa shape index (κ2) is 8.93. The molecule has 0 atom stereocenters. The molecule has 32 heavy (non-hydrogen) atoms. The van der Waals surface area contributed by atoms with Crippen LogP contribution < -0.4 is 10.2 Å². The lowest BCUT2D eigenvalue weighted by atomic mass is 10.0. The summed E-state index contributed by atoms with van der Waals surface area (Å²) in [6.45, 7) is 4.89. The summed E-state index contributed by atoms with van der Waals surface area (Å²) in [4.78, 5) is 33.1. The number of likely N-dealkylation sites (N-methyl/N-ethyl adjacent to an activating group) is 1. The van der Waals surface area contributed by atoms with Gasteiger partial charge in [0.2, 0.25) is 5.82 Å². The number of halogens is 1. The molecule has 0 radical (unpaired) electrons. The van der Waals surface area contributed by atoms with Crippen LogP contribution in [0.5, 0.6) is 0 Å². The van der Waals surface area contributed by atoms with Gasteiger partial charge >= 0.3 is 5.69 Å². The third kappa shape index (κ3) is 4.27. The van der Waals surface area contributed by atoms with Crippen LogP contribution in [0, 0.1) is 17.0 Å². The fraction of sp³-hybridized carbons (Fsp3) is 0.286. The molecule has 0 amide bonds. The molecule has 11 heteroatoms. The van der Waals surface area contributed by atoms with E-state index in [-0.39, 0.29) is 22.9 Å². The number of hydrogen-bond acceptors (Lipinski definition) is 8. The number of piperazine rings is 1. The van der Waals surface area contributed by atoms with Crippen LogP contribution in [0.3, 0.4) is 0 Å². The van der Waals surface area contributed by atoms with Crippen molar-refractivity contribution in [3.8, 4) is 0 Å². The Morgan fingerprint density at radius 1 is 1.22 bits per heavy atom. The van der Waals surface area contributed by atoms with Gasteiger partial charge < -0.3 is 15.1 Å². The molecule has 1 aliphatic heterocycles. The van der Waals surface area contributed by atoms with E-state index in [1.165, 1.54) is 6.20 Å². The number of H-pyrrole nitrogens is 1. The largest absolute Gasteiger partial charge is 0.354 e. The van der Waals surface area contributed by atoms with Crippen molar-refractivity contribution in [1.82, 2.24) is 20.1 Å². The number of nitrogens with zero attached hydrogens (tertiary/aromatic N) is 5. The van der Waals surface area contributed by atoms with Crippen LogP contribution in [-0.2, 0) is 0 Å². The number of pyridine rings is 1. The second-order valence-electron chi connectivity index (χ2n) is 7.62. The number of hydrogen-bond donors (Lipinski definition) is 2. The van der Waals surface area contributed by atoms with Gasteiger partial charge in [-0.05, 0) is 26.1 Å².